The van der Waals surface area contributed by atoms with Gasteiger partial charge in [0.15, 0.2) is 0 Å². The topological polar surface area (TPSA) is 12.0 Å². The Kier molecular flexibility index (Phi) is 5.82. The van der Waals surface area contributed by atoms with Crippen molar-refractivity contribution in [2.45, 2.75) is 72.8 Å². The van der Waals surface area contributed by atoms with Gasteiger partial charge in [0.25, 0.3) is 0 Å². The third-order valence-electron chi connectivity index (χ3n) is 4.18. The predicted octanol–water partition coefficient (Wildman–Crippen LogP) is 4.78. The molecule has 1 rings (SSSR count). The summed E-state index contributed by atoms with van der Waals surface area (Å²) in [6, 6.07) is 5.34. The molecular formula is C19H33N. The van der Waals surface area contributed by atoms with Gasteiger partial charge in [0.05, 0.1) is 0 Å². The number of hydrogen-bond acceptors (Lipinski definition) is 1. The first kappa shape index (κ1) is 17.2. The zero-order valence-corrected chi connectivity index (χ0v) is 14.7. The van der Waals surface area contributed by atoms with Gasteiger partial charge in [0.2, 0.25) is 0 Å². The summed E-state index contributed by atoms with van der Waals surface area (Å²) in [5.74, 6) is 0.738. The summed E-state index contributed by atoms with van der Waals surface area (Å²) in [4.78, 5) is 0. The van der Waals surface area contributed by atoms with Crippen molar-refractivity contribution in [1.82, 2.24) is 5.32 Å². The van der Waals surface area contributed by atoms with Gasteiger partial charge in [-0.15, -0.1) is 0 Å². The van der Waals surface area contributed by atoms with Crippen LogP contribution < -0.4 is 5.32 Å². The van der Waals surface area contributed by atoms with Crippen molar-refractivity contribution in [2.24, 2.45) is 5.92 Å². The molecule has 0 aliphatic carbocycles. The maximum atomic E-state index is 3.48. The molecule has 1 atom stereocenters. The lowest BCUT2D eigenvalue weighted by Crippen LogP contribution is -2.29. The van der Waals surface area contributed by atoms with Crippen LogP contribution in [0.1, 0.15) is 63.3 Å². The second-order valence-electron chi connectivity index (χ2n) is 7.66. The molecular weight excluding hydrogens is 242 g/mol. The van der Waals surface area contributed by atoms with E-state index >= 15 is 0 Å². The smallest absolute Gasteiger partial charge is 0.0107 e. The van der Waals surface area contributed by atoms with Crippen LogP contribution in [0.5, 0.6) is 0 Å². The van der Waals surface area contributed by atoms with Crippen LogP contribution in [-0.4, -0.2) is 13.1 Å². The van der Waals surface area contributed by atoms with Crippen LogP contribution in [0.25, 0.3) is 0 Å². The van der Waals surface area contributed by atoms with E-state index in [1.54, 1.807) is 0 Å². The third-order valence-corrected chi connectivity index (χ3v) is 4.18. The zero-order chi connectivity index (χ0) is 15.5. The SMILES string of the molecule is CNC(Cc1c(C)cc(C(C)(C)C)cc1C)CC(C)C. The van der Waals surface area contributed by atoms with Crippen molar-refractivity contribution in [1.29, 1.82) is 0 Å². The van der Waals surface area contributed by atoms with Gasteiger partial charge in [0.1, 0.15) is 0 Å². The van der Waals surface area contributed by atoms with E-state index in [-0.39, 0.29) is 5.41 Å². The number of aryl methyl sites for hydroxylation is 2. The minimum atomic E-state index is 0.231. The molecule has 114 valence electrons. The summed E-state index contributed by atoms with van der Waals surface area (Å²) in [7, 11) is 2.08. The van der Waals surface area contributed by atoms with Crippen LogP contribution in [0.3, 0.4) is 0 Å². The molecule has 1 heteroatoms. The summed E-state index contributed by atoms with van der Waals surface area (Å²) in [6.45, 7) is 16.0. The van der Waals surface area contributed by atoms with Crippen LogP contribution in [0.4, 0.5) is 0 Å². The fourth-order valence-corrected chi connectivity index (χ4v) is 2.87. The molecule has 1 unspecified atom stereocenters. The fourth-order valence-electron chi connectivity index (χ4n) is 2.87. The molecule has 1 N–H and O–H groups in total. The van der Waals surface area contributed by atoms with Crippen molar-refractivity contribution in [3.8, 4) is 0 Å². The van der Waals surface area contributed by atoms with Crippen molar-refractivity contribution in [3.05, 3.63) is 34.4 Å². The first-order valence-electron chi connectivity index (χ1n) is 7.93. The Morgan fingerprint density at radius 2 is 1.55 bits per heavy atom. The zero-order valence-electron chi connectivity index (χ0n) is 14.7. The Bertz CT molecular complexity index is 415. The lowest BCUT2D eigenvalue weighted by atomic mass is 9.82. The van der Waals surface area contributed by atoms with E-state index in [0.717, 1.165) is 12.3 Å². The van der Waals surface area contributed by atoms with Gasteiger partial charge < -0.3 is 5.32 Å². The Balaban J connectivity index is 3.02. The van der Waals surface area contributed by atoms with Gasteiger partial charge in [0, 0.05) is 6.04 Å². The van der Waals surface area contributed by atoms with Crippen molar-refractivity contribution in [3.63, 3.8) is 0 Å². The maximum absolute atomic E-state index is 3.48. The van der Waals surface area contributed by atoms with Gasteiger partial charge in [-0.05, 0) is 67.3 Å². The molecule has 0 amide bonds. The largest absolute Gasteiger partial charge is 0.317 e. The quantitative estimate of drug-likeness (QED) is 0.815. The molecule has 0 aliphatic rings. The first-order chi connectivity index (χ1) is 9.15. The molecule has 0 saturated heterocycles. The van der Waals surface area contributed by atoms with Gasteiger partial charge in [-0.3, -0.25) is 0 Å². The van der Waals surface area contributed by atoms with E-state index in [0.29, 0.717) is 6.04 Å². The minimum absolute atomic E-state index is 0.231. The van der Waals surface area contributed by atoms with Gasteiger partial charge in [-0.1, -0.05) is 46.8 Å². The number of likely N-dealkylation sites (N-methyl/N-ethyl adjacent to an activating group) is 1. The van der Waals surface area contributed by atoms with E-state index in [4.69, 9.17) is 0 Å². The van der Waals surface area contributed by atoms with Gasteiger partial charge >= 0.3 is 0 Å². The summed E-state index contributed by atoms with van der Waals surface area (Å²) >= 11 is 0. The van der Waals surface area contributed by atoms with E-state index in [2.05, 4.69) is 73.0 Å². The van der Waals surface area contributed by atoms with Crippen LogP contribution in [0.15, 0.2) is 12.1 Å². The normalized spacial score (nSPS) is 13.8. The molecule has 0 spiro atoms. The molecule has 20 heavy (non-hydrogen) atoms. The first-order valence-corrected chi connectivity index (χ1v) is 7.93. The summed E-state index contributed by atoms with van der Waals surface area (Å²) in [5.41, 5.74) is 6.09. The number of benzene rings is 1. The highest BCUT2D eigenvalue weighted by Gasteiger charge is 2.18. The molecule has 1 aromatic carbocycles. The van der Waals surface area contributed by atoms with E-state index < -0.39 is 0 Å². The van der Waals surface area contributed by atoms with Gasteiger partial charge in [-0.2, -0.15) is 0 Å². The highest BCUT2D eigenvalue weighted by atomic mass is 14.9. The fraction of sp³-hybridized carbons (Fsp3) is 0.684. The molecule has 0 aromatic heterocycles. The van der Waals surface area contributed by atoms with Crippen molar-refractivity contribution >= 4 is 0 Å². The van der Waals surface area contributed by atoms with E-state index in [9.17, 15) is 0 Å². The highest BCUT2D eigenvalue weighted by Crippen LogP contribution is 2.28. The maximum Gasteiger partial charge on any atom is 0.0107 e. The van der Waals surface area contributed by atoms with Crippen LogP contribution in [-0.2, 0) is 11.8 Å². The Hall–Kier alpha value is -0.820. The summed E-state index contributed by atoms with van der Waals surface area (Å²) in [5, 5.41) is 3.48. The lowest BCUT2D eigenvalue weighted by molar-refractivity contribution is 0.440. The Morgan fingerprint density at radius 1 is 1.05 bits per heavy atom. The van der Waals surface area contributed by atoms with E-state index in [1.807, 2.05) is 0 Å². The molecule has 0 heterocycles. The van der Waals surface area contributed by atoms with Gasteiger partial charge in [-0.25, -0.2) is 0 Å². The Morgan fingerprint density at radius 3 is 1.90 bits per heavy atom. The molecule has 0 saturated carbocycles. The monoisotopic (exact) mass is 275 g/mol. The van der Waals surface area contributed by atoms with E-state index in [1.165, 1.54) is 28.7 Å². The second-order valence-corrected chi connectivity index (χ2v) is 7.66. The molecule has 1 nitrogen and oxygen atoms in total. The van der Waals surface area contributed by atoms with Crippen molar-refractivity contribution in [2.75, 3.05) is 7.05 Å². The highest BCUT2D eigenvalue weighted by molar-refractivity contribution is 5.41. The van der Waals surface area contributed by atoms with Crippen molar-refractivity contribution < 1.29 is 0 Å². The summed E-state index contributed by atoms with van der Waals surface area (Å²) in [6.07, 6.45) is 2.37. The second kappa shape index (κ2) is 6.76. The number of rotatable bonds is 5. The van der Waals surface area contributed by atoms with Crippen LogP contribution in [0, 0.1) is 19.8 Å². The number of hydrogen-bond donors (Lipinski definition) is 1. The molecule has 0 fully saturated rings. The predicted molar refractivity (Wildman–Crippen MR) is 90.6 cm³/mol. The standard InChI is InChI=1S/C19H33N/c1-13(2)9-17(20-8)12-18-14(3)10-16(11-15(18)4)19(5,6)7/h10-11,13,17,20H,9,12H2,1-8H3. The van der Waals surface area contributed by atoms with Crippen LogP contribution >= 0.6 is 0 Å². The lowest BCUT2D eigenvalue weighted by Gasteiger charge is -2.25. The number of nitrogens with one attached hydrogen (secondary N) is 1. The minimum Gasteiger partial charge on any atom is -0.317 e. The molecule has 1 aromatic rings. The molecule has 0 aliphatic heterocycles. The molecule has 0 bridgehead atoms. The summed E-state index contributed by atoms with van der Waals surface area (Å²) < 4.78 is 0. The average Bonchev–Trinajstić information content (AvgIpc) is 2.30. The Labute approximate surface area is 126 Å². The van der Waals surface area contributed by atoms with Crippen LogP contribution in [0.2, 0.25) is 0 Å². The average molecular weight is 275 g/mol. The molecule has 0 radical (unpaired) electrons. The third kappa shape index (κ3) is 4.63.